The second kappa shape index (κ2) is 9.59. The zero-order valence-electron chi connectivity index (χ0n) is 15.2. The van der Waals surface area contributed by atoms with E-state index in [1.807, 2.05) is 18.2 Å². The van der Waals surface area contributed by atoms with Gasteiger partial charge in [0.1, 0.15) is 0 Å². The van der Waals surface area contributed by atoms with Crippen LogP contribution in [0.2, 0.25) is 0 Å². The molecule has 7 heteroatoms. The van der Waals surface area contributed by atoms with E-state index in [0.717, 1.165) is 24.9 Å². The average Bonchev–Trinajstić information content (AvgIpc) is 2.76. The van der Waals surface area contributed by atoms with Crippen LogP contribution in [0.5, 0.6) is 0 Å². The summed E-state index contributed by atoms with van der Waals surface area (Å²) in [6, 6.07) is 12.8. The predicted molar refractivity (Wildman–Crippen MR) is 106 cm³/mol. The first-order valence-electron chi connectivity index (χ1n) is 8.90. The third-order valence-corrected chi connectivity index (χ3v) is 4.22. The van der Waals surface area contributed by atoms with Gasteiger partial charge in [-0.3, -0.25) is 14.8 Å². The fourth-order valence-corrected chi connectivity index (χ4v) is 2.79. The summed E-state index contributed by atoms with van der Waals surface area (Å²) in [6.45, 7) is 3.00. The van der Waals surface area contributed by atoms with Gasteiger partial charge < -0.3 is 9.64 Å². The molecule has 2 aromatic rings. The molecule has 28 heavy (non-hydrogen) atoms. The van der Waals surface area contributed by atoms with E-state index in [0.29, 0.717) is 30.2 Å². The van der Waals surface area contributed by atoms with Crippen LogP contribution in [-0.4, -0.2) is 48.2 Å². The van der Waals surface area contributed by atoms with Crippen molar-refractivity contribution in [2.24, 2.45) is 0 Å². The molecule has 0 radical (unpaired) electrons. The van der Waals surface area contributed by atoms with Crippen molar-refractivity contribution in [3.8, 4) is 0 Å². The lowest BCUT2D eigenvalue weighted by Crippen LogP contribution is -2.36. The van der Waals surface area contributed by atoms with E-state index >= 15 is 0 Å². The van der Waals surface area contributed by atoms with Crippen LogP contribution >= 0.6 is 0 Å². The number of carbonyl (C=O) groups excluding carboxylic acids is 2. The lowest BCUT2D eigenvalue weighted by Gasteiger charge is -2.29. The maximum Gasteiger partial charge on any atom is 0.267 e. The average molecular weight is 379 g/mol. The number of hydrogen-bond donors (Lipinski definition) is 2. The Kier molecular flexibility index (Phi) is 6.67. The Hall–Kier alpha value is -3.29. The van der Waals surface area contributed by atoms with Gasteiger partial charge in [-0.15, -0.1) is 0 Å². The third kappa shape index (κ3) is 5.35. The van der Waals surface area contributed by atoms with Gasteiger partial charge >= 0.3 is 0 Å². The van der Waals surface area contributed by atoms with Gasteiger partial charge in [0.2, 0.25) is 0 Å². The van der Waals surface area contributed by atoms with Gasteiger partial charge in [0, 0.05) is 30.4 Å². The van der Waals surface area contributed by atoms with Gasteiger partial charge in [-0.25, -0.2) is 10.5 Å². The van der Waals surface area contributed by atoms with Gasteiger partial charge in [-0.05, 0) is 42.5 Å². The highest BCUT2D eigenvalue weighted by molar-refractivity contribution is 6.07. The van der Waals surface area contributed by atoms with Crippen LogP contribution in [0.1, 0.15) is 21.7 Å². The number of allylic oxidation sites excluding steroid dienone is 1. The van der Waals surface area contributed by atoms with Crippen molar-refractivity contribution in [2.75, 3.05) is 31.2 Å². The molecule has 2 N–H and O–H groups in total. The monoisotopic (exact) mass is 379 g/mol. The summed E-state index contributed by atoms with van der Waals surface area (Å²) >= 11 is 0. The molecule has 0 unspecified atom stereocenters. The molecule has 2 heterocycles. The SMILES string of the molecule is O=C(/C=C/c1cccc(/C=C/C(=O)c2cccc(N3CCOCC3)c2)n1)NO. The molecule has 1 amide bonds. The molecule has 1 aliphatic rings. The summed E-state index contributed by atoms with van der Waals surface area (Å²) in [7, 11) is 0. The van der Waals surface area contributed by atoms with Gasteiger partial charge in [-0.2, -0.15) is 0 Å². The number of ether oxygens (including phenoxy) is 1. The lowest BCUT2D eigenvalue weighted by atomic mass is 10.1. The fourth-order valence-electron chi connectivity index (χ4n) is 2.79. The van der Waals surface area contributed by atoms with E-state index in [1.165, 1.54) is 17.6 Å². The van der Waals surface area contributed by atoms with E-state index in [4.69, 9.17) is 9.94 Å². The predicted octanol–water partition coefficient (Wildman–Crippen LogP) is 2.33. The van der Waals surface area contributed by atoms with Gasteiger partial charge in [0.05, 0.1) is 24.6 Å². The maximum atomic E-state index is 12.5. The normalized spacial score (nSPS) is 14.5. The molecular weight excluding hydrogens is 358 g/mol. The summed E-state index contributed by atoms with van der Waals surface area (Å²) in [5.74, 6) is -0.754. The van der Waals surface area contributed by atoms with Crippen LogP contribution in [0.15, 0.2) is 54.6 Å². The third-order valence-electron chi connectivity index (χ3n) is 4.22. The second-order valence-corrected chi connectivity index (χ2v) is 6.14. The van der Waals surface area contributed by atoms with Crippen molar-refractivity contribution in [1.82, 2.24) is 10.5 Å². The molecule has 1 saturated heterocycles. The zero-order valence-corrected chi connectivity index (χ0v) is 15.2. The highest BCUT2D eigenvalue weighted by Gasteiger charge is 2.12. The number of anilines is 1. The van der Waals surface area contributed by atoms with Crippen molar-refractivity contribution in [2.45, 2.75) is 0 Å². The van der Waals surface area contributed by atoms with Crippen molar-refractivity contribution >= 4 is 29.5 Å². The molecule has 1 aliphatic heterocycles. The second-order valence-electron chi connectivity index (χ2n) is 6.14. The molecule has 1 aromatic heterocycles. The Morgan fingerprint density at radius 3 is 2.43 bits per heavy atom. The first kappa shape index (κ1) is 19.5. The maximum absolute atomic E-state index is 12.5. The highest BCUT2D eigenvalue weighted by atomic mass is 16.5. The fraction of sp³-hybridized carbons (Fsp3) is 0.190. The highest BCUT2D eigenvalue weighted by Crippen LogP contribution is 2.18. The summed E-state index contributed by atoms with van der Waals surface area (Å²) in [5, 5.41) is 8.49. The van der Waals surface area contributed by atoms with Gasteiger partial charge in [0.15, 0.2) is 5.78 Å². The smallest absolute Gasteiger partial charge is 0.267 e. The Bertz CT molecular complexity index is 902. The number of ketones is 1. The number of rotatable bonds is 6. The number of morpholine rings is 1. The molecule has 0 atom stereocenters. The number of aromatic nitrogens is 1. The number of hydrogen-bond acceptors (Lipinski definition) is 6. The topological polar surface area (TPSA) is 91.8 Å². The first-order chi connectivity index (χ1) is 13.7. The molecule has 0 spiro atoms. The minimum absolute atomic E-state index is 0.113. The standard InChI is InChI=1S/C21H21N3O4/c25-20(16-3-1-6-19(15-16)24-11-13-28-14-12-24)9-7-17-4-2-5-18(22-17)8-10-21(26)23-27/h1-10,15,27H,11-14H2,(H,23,26)/b9-7+,10-8+. The van der Waals surface area contributed by atoms with E-state index in [-0.39, 0.29) is 5.78 Å². The molecule has 1 fully saturated rings. The van der Waals surface area contributed by atoms with Crippen molar-refractivity contribution in [3.63, 3.8) is 0 Å². The molecule has 3 rings (SSSR count). The number of hydroxylamine groups is 1. The molecule has 7 nitrogen and oxygen atoms in total. The van der Waals surface area contributed by atoms with E-state index in [9.17, 15) is 9.59 Å². The van der Waals surface area contributed by atoms with Crippen LogP contribution in [0.3, 0.4) is 0 Å². The first-order valence-corrected chi connectivity index (χ1v) is 8.90. The zero-order chi connectivity index (χ0) is 19.8. The largest absolute Gasteiger partial charge is 0.378 e. The van der Waals surface area contributed by atoms with Crippen LogP contribution in [0.4, 0.5) is 5.69 Å². The van der Waals surface area contributed by atoms with Crippen molar-refractivity contribution in [3.05, 3.63) is 71.6 Å². The number of nitrogens with one attached hydrogen (secondary N) is 1. The Morgan fingerprint density at radius 1 is 1.04 bits per heavy atom. The summed E-state index contributed by atoms with van der Waals surface area (Å²) in [4.78, 5) is 30.1. The van der Waals surface area contributed by atoms with E-state index < -0.39 is 5.91 Å². The number of amides is 1. The Balaban J connectivity index is 1.70. The summed E-state index contributed by atoms with van der Waals surface area (Å²) in [5.41, 5.74) is 4.25. The number of pyridine rings is 1. The van der Waals surface area contributed by atoms with Crippen molar-refractivity contribution < 1.29 is 19.5 Å². The summed E-state index contributed by atoms with van der Waals surface area (Å²) in [6.07, 6.45) is 5.75. The van der Waals surface area contributed by atoms with E-state index in [2.05, 4.69) is 9.88 Å². The lowest BCUT2D eigenvalue weighted by molar-refractivity contribution is -0.124. The Morgan fingerprint density at radius 2 is 1.71 bits per heavy atom. The molecule has 0 aliphatic carbocycles. The number of carbonyl (C=O) groups is 2. The van der Waals surface area contributed by atoms with Crippen LogP contribution in [0.25, 0.3) is 12.2 Å². The van der Waals surface area contributed by atoms with Crippen molar-refractivity contribution in [1.29, 1.82) is 0 Å². The Labute approximate surface area is 162 Å². The van der Waals surface area contributed by atoms with Crippen LogP contribution < -0.4 is 10.4 Å². The quantitative estimate of drug-likeness (QED) is 0.346. The molecular formula is C21H21N3O4. The van der Waals surface area contributed by atoms with Crippen LogP contribution in [0, 0.1) is 0 Å². The summed E-state index contributed by atoms with van der Waals surface area (Å²) < 4.78 is 5.37. The number of benzene rings is 1. The van der Waals surface area contributed by atoms with E-state index in [1.54, 1.807) is 30.3 Å². The van der Waals surface area contributed by atoms with Gasteiger partial charge in [-0.1, -0.05) is 18.2 Å². The minimum Gasteiger partial charge on any atom is -0.378 e. The van der Waals surface area contributed by atoms with Crippen LogP contribution in [-0.2, 0) is 9.53 Å². The molecule has 1 aromatic carbocycles. The molecule has 0 bridgehead atoms. The molecule has 144 valence electrons. The minimum atomic E-state index is -0.641. The number of nitrogens with zero attached hydrogens (tertiary/aromatic N) is 2. The van der Waals surface area contributed by atoms with Gasteiger partial charge in [0.25, 0.3) is 5.91 Å². The molecule has 0 saturated carbocycles.